The number of aryl methyl sites for hydroxylation is 2. The van der Waals surface area contributed by atoms with Gasteiger partial charge in [-0.25, -0.2) is 14.5 Å². The Kier molecular flexibility index (Phi) is 6.10. The Bertz CT molecular complexity index is 1910. The lowest BCUT2D eigenvalue weighted by atomic mass is 9.97. The number of amides is 1. The Morgan fingerprint density at radius 1 is 0.974 bits per heavy atom. The fraction of sp³-hybridized carbons (Fsp3) is 0.129. The number of carbonyl (C=O) groups is 1. The van der Waals surface area contributed by atoms with Gasteiger partial charge < -0.3 is 5.32 Å². The molecule has 0 spiro atoms. The van der Waals surface area contributed by atoms with Crippen molar-refractivity contribution in [1.29, 1.82) is 0 Å². The third kappa shape index (κ3) is 4.62. The van der Waals surface area contributed by atoms with Gasteiger partial charge in [-0.15, -0.1) is 0 Å². The van der Waals surface area contributed by atoms with Gasteiger partial charge in [0.15, 0.2) is 11.3 Å². The minimum atomic E-state index is -0.344. The molecule has 1 atom stereocenters. The highest BCUT2D eigenvalue weighted by Crippen LogP contribution is 2.31. The average Bonchev–Trinajstić information content (AvgIpc) is 3.52. The molecule has 190 valence electrons. The molecule has 0 aliphatic heterocycles. The Labute approximate surface area is 225 Å². The summed E-state index contributed by atoms with van der Waals surface area (Å²) in [6.45, 7) is 3.78. The highest BCUT2D eigenvalue weighted by atomic mass is 16.2. The molecule has 0 radical (unpaired) electrons. The number of nitrogens with one attached hydrogen (secondary N) is 1. The highest BCUT2D eigenvalue weighted by molar-refractivity contribution is 5.95. The summed E-state index contributed by atoms with van der Waals surface area (Å²) in [5.41, 5.74) is 6.78. The van der Waals surface area contributed by atoms with Crippen LogP contribution in [0.2, 0.25) is 0 Å². The Morgan fingerprint density at radius 3 is 2.62 bits per heavy atom. The summed E-state index contributed by atoms with van der Waals surface area (Å²) in [4.78, 5) is 23.1. The second-order valence-electron chi connectivity index (χ2n) is 9.36. The molecule has 0 fully saturated rings. The van der Waals surface area contributed by atoms with Gasteiger partial charge in [0, 0.05) is 36.0 Å². The lowest BCUT2D eigenvalue weighted by molar-refractivity contribution is 0.0932. The van der Waals surface area contributed by atoms with E-state index in [-0.39, 0.29) is 11.9 Å². The van der Waals surface area contributed by atoms with Crippen LogP contribution in [0.15, 0.2) is 85.3 Å². The molecule has 4 aromatic heterocycles. The smallest absolute Gasteiger partial charge is 0.272 e. The van der Waals surface area contributed by atoms with Gasteiger partial charge in [0.25, 0.3) is 5.91 Å². The zero-order chi connectivity index (χ0) is 26.9. The van der Waals surface area contributed by atoms with Crippen LogP contribution in [-0.2, 0) is 7.05 Å². The SMILES string of the molecule is Cc1nc2cccnn2c1C(=O)N[C@@H](C)c1cc2cccc(C#Cc3cnn(C)c3)c2nc1-c1ccccc1. The molecule has 0 unspecified atom stereocenters. The first-order chi connectivity index (χ1) is 19.0. The van der Waals surface area contributed by atoms with Gasteiger partial charge >= 0.3 is 0 Å². The zero-order valence-corrected chi connectivity index (χ0v) is 21.8. The normalized spacial score (nSPS) is 11.8. The number of aromatic nitrogens is 6. The van der Waals surface area contributed by atoms with Gasteiger partial charge in [0.2, 0.25) is 0 Å². The number of benzene rings is 2. The van der Waals surface area contributed by atoms with Crippen LogP contribution in [0.3, 0.4) is 0 Å². The predicted molar refractivity (Wildman–Crippen MR) is 150 cm³/mol. The van der Waals surface area contributed by atoms with E-state index in [1.807, 2.05) is 81.7 Å². The van der Waals surface area contributed by atoms with Crippen molar-refractivity contribution >= 4 is 22.5 Å². The molecule has 6 aromatic rings. The number of imidazole rings is 1. The number of nitrogens with zero attached hydrogens (tertiary/aromatic N) is 6. The number of rotatable bonds is 4. The Balaban J connectivity index is 1.43. The molecule has 2 aromatic carbocycles. The van der Waals surface area contributed by atoms with E-state index < -0.39 is 0 Å². The lowest BCUT2D eigenvalue weighted by Crippen LogP contribution is -2.29. The molecule has 8 nitrogen and oxygen atoms in total. The average molecular weight is 512 g/mol. The summed E-state index contributed by atoms with van der Waals surface area (Å²) >= 11 is 0. The van der Waals surface area contributed by atoms with Gasteiger partial charge in [0.05, 0.1) is 40.3 Å². The number of hydrogen-bond donors (Lipinski definition) is 1. The van der Waals surface area contributed by atoms with Crippen molar-refractivity contribution < 1.29 is 4.79 Å². The van der Waals surface area contributed by atoms with Gasteiger partial charge in [-0.2, -0.15) is 10.2 Å². The maximum Gasteiger partial charge on any atom is 0.272 e. The van der Waals surface area contributed by atoms with Crippen LogP contribution < -0.4 is 5.32 Å². The van der Waals surface area contributed by atoms with E-state index in [2.05, 4.69) is 38.4 Å². The number of para-hydroxylation sites is 1. The minimum Gasteiger partial charge on any atom is -0.344 e. The van der Waals surface area contributed by atoms with E-state index in [0.29, 0.717) is 17.0 Å². The molecule has 8 heteroatoms. The van der Waals surface area contributed by atoms with Crippen LogP contribution in [-0.4, -0.2) is 35.3 Å². The molecular weight excluding hydrogens is 486 g/mol. The van der Waals surface area contributed by atoms with Crippen LogP contribution in [0.5, 0.6) is 0 Å². The summed E-state index contributed by atoms with van der Waals surface area (Å²) in [6.07, 6.45) is 5.26. The number of pyridine rings is 1. The topological polar surface area (TPSA) is 90.0 Å². The van der Waals surface area contributed by atoms with Crippen LogP contribution >= 0.6 is 0 Å². The van der Waals surface area contributed by atoms with Crippen molar-refractivity contribution in [3.63, 3.8) is 0 Å². The monoisotopic (exact) mass is 511 g/mol. The highest BCUT2D eigenvalue weighted by Gasteiger charge is 2.22. The van der Waals surface area contributed by atoms with E-state index in [4.69, 9.17) is 4.98 Å². The van der Waals surface area contributed by atoms with Crippen LogP contribution in [0, 0.1) is 18.8 Å². The van der Waals surface area contributed by atoms with Crippen molar-refractivity contribution in [1.82, 2.24) is 34.7 Å². The zero-order valence-electron chi connectivity index (χ0n) is 21.8. The fourth-order valence-corrected chi connectivity index (χ4v) is 4.70. The molecule has 1 N–H and O–H groups in total. The molecule has 1 amide bonds. The molecule has 6 rings (SSSR count). The lowest BCUT2D eigenvalue weighted by Gasteiger charge is -2.19. The molecule has 4 heterocycles. The third-order valence-corrected chi connectivity index (χ3v) is 6.57. The quantitative estimate of drug-likeness (QED) is 0.341. The van der Waals surface area contributed by atoms with Crippen molar-refractivity contribution in [2.45, 2.75) is 19.9 Å². The molecule has 0 saturated heterocycles. The van der Waals surface area contributed by atoms with Gasteiger partial charge in [-0.05, 0) is 38.1 Å². The Morgan fingerprint density at radius 2 is 1.82 bits per heavy atom. The van der Waals surface area contributed by atoms with E-state index in [9.17, 15) is 4.79 Å². The number of hydrogen-bond acceptors (Lipinski definition) is 5. The minimum absolute atomic E-state index is 0.249. The first kappa shape index (κ1) is 24.1. The fourth-order valence-electron chi connectivity index (χ4n) is 4.70. The number of fused-ring (bicyclic) bond motifs is 2. The first-order valence-electron chi connectivity index (χ1n) is 12.6. The van der Waals surface area contributed by atoms with E-state index in [0.717, 1.165) is 38.9 Å². The van der Waals surface area contributed by atoms with E-state index in [1.165, 1.54) is 0 Å². The van der Waals surface area contributed by atoms with Gasteiger partial charge in [-0.1, -0.05) is 54.3 Å². The van der Waals surface area contributed by atoms with E-state index >= 15 is 0 Å². The largest absolute Gasteiger partial charge is 0.344 e. The molecule has 0 bridgehead atoms. The molecule has 39 heavy (non-hydrogen) atoms. The summed E-state index contributed by atoms with van der Waals surface area (Å²) in [5.74, 6) is 6.21. The third-order valence-electron chi connectivity index (χ3n) is 6.57. The molecule has 0 aliphatic carbocycles. The maximum atomic E-state index is 13.5. The van der Waals surface area contributed by atoms with Gasteiger partial charge in [0.1, 0.15) is 0 Å². The van der Waals surface area contributed by atoms with Crippen molar-refractivity contribution in [3.05, 3.63) is 113 Å². The molecular formula is C31H25N7O. The standard InChI is InChI=1S/C31H25N7O/c1-20(35-31(39)30-21(2)34-27-13-8-16-32-38(27)30)26-17-25-12-7-11-24(15-14-22-18-33-37(3)19-22)28(25)36-29(26)23-9-5-4-6-10-23/h4-13,16-20H,1-3H3,(H,35,39)/t20-/m0/s1. The summed E-state index contributed by atoms with van der Waals surface area (Å²) in [5, 5.41) is 12.6. The van der Waals surface area contributed by atoms with Crippen LogP contribution in [0.1, 0.15) is 45.8 Å². The summed E-state index contributed by atoms with van der Waals surface area (Å²) in [6, 6.07) is 21.3. The van der Waals surface area contributed by atoms with Gasteiger partial charge in [-0.3, -0.25) is 9.48 Å². The van der Waals surface area contributed by atoms with E-state index in [1.54, 1.807) is 27.7 Å². The second-order valence-corrected chi connectivity index (χ2v) is 9.36. The van der Waals surface area contributed by atoms with Crippen molar-refractivity contribution in [2.75, 3.05) is 0 Å². The van der Waals surface area contributed by atoms with Crippen molar-refractivity contribution in [3.8, 4) is 23.1 Å². The summed E-state index contributed by atoms with van der Waals surface area (Å²) in [7, 11) is 1.87. The number of carbonyl (C=O) groups excluding carboxylic acids is 1. The van der Waals surface area contributed by atoms with Crippen LogP contribution in [0.25, 0.3) is 27.8 Å². The van der Waals surface area contributed by atoms with Crippen LogP contribution in [0.4, 0.5) is 0 Å². The summed E-state index contributed by atoms with van der Waals surface area (Å²) < 4.78 is 3.30. The second kappa shape index (κ2) is 9.88. The molecule has 0 saturated carbocycles. The maximum absolute atomic E-state index is 13.5. The first-order valence-corrected chi connectivity index (χ1v) is 12.6. The Hall–Kier alpha value is -5.29. The predicted octanol–water partition coefficient (Wildman–Crippen LogP) is 4.88. The van der Waals surface area contributed by atoms with Crippen molar-refractivity contribution in [2.24, 2.45) is 7.05 Å². The molecule has 0 aliphatic rings.